The molecule has 3 nitrogen and oxygen atoms in total. The number of hydrogen-bond donors (Lipinski definition) is 0. The van der Waals surface area contributed by atoms with Crippen LogP contribution in [0.25, 0.3) is 0 Å². The first kappa shape index (κ1) is 12.0. The van der Waals surface area contributed by atoms with E-state index in [4.69, 9.17) is 22.1 Å². The van der Waals surface area contributed by atoms with Crippen molar-refractivity contribution in [2.75, 3.05) is 5.75 Å². The molecule has 1 aliphatic heterocycles. The maximum absolute atomic E-state index is 11.7. The molecule has 0 aliphatic carbocycles. The highest BCUT2D eigenvalue weighted by Gasteiger charge is 2.53. The second-order valence-electron chi connectivity index (χ2n) is 3.67. The highest BCUT2D eigenvalue weighted by molar-refractivity contribution is 8.00. The van der Waals surface area contributed by atoms with Crippen LogP contribution in [0.4, 0.5) is 0 Å². The van der Waals surface area contributed by atoms with Gasteiger partial charge in [-0.15, -0.1) is 11.8 Å². The average molecular weight is 263 g/mol. The van der Waals surface area contributed by atoms with Gasteiger partial charge in [-0.25, -0.2) is 0 Å². The van der Waals surface area contributed by atoms with E-state index in [0.29, 0.717) is 10.6 Å². The van der Waals surface area contributed by atoms with E-state index in [1.165, 1.54) is 11.8 Å². The summed E-state index contributed by atoms with van der Waals surface area (Å²) < 4.78 is 0. The van der Waals surface area contributed by atoms with Gasteiger partial charge in [0.1, 0.15) is 0 Å². The van der Waals surface area contributed by atoms with Gasteiger partial charge in [0.25, 0.3) is 0 Å². The molecular formula is C12H7ClN2OS. The number of carbonyl (C=O) groups excluding carboxylic acids is 1. The Labute approximate surface area is 108 Å². The van der Waals surface area contributed by atoms with Gasteiger partial charge in [-0.1, -0.05) is 29.8 Å². The predicted molar refractivity (Wildman–Crippen MR) is 65.3 cm³/mol. The van der Waals surface area contributed by atoms with Crippen LogP contribution in [-0.4, -0.2) is 11.5 Å². The molecule has 1 aliphatic rings. The number of carbonyl (C=O) groups is 1. The fraction of sp³-hybridized carbons (Fsp3) is 0.250. The standard InChI is InChI=1S/C12H7ClN2OS/c13-9-4-2-1-3-8(9)11-12(6-14,7-15)10(16)5-17-11/h1-4,11H,5H2. The Kier molecular flexibility index (Phi) is 3.11. The van der Waals surface area contributed by atoms with E-state index in [0.717, 1.165) is 0 Å². The number of nitriles is 2. The van der Waals surface area contributed by atoms with Crippen LogP contribution in [0, 0.1) is 28.1 Å². The van der Waals surface area contributed by atoms with E-state index in [9.17, 15) is 4.79 Å². The molecule has 1 unspecified atom stereocenters. The van der Waals surface area contributed by atoms with Gasteiger partial charge in [-0.3, -0.25) is 4.79 Å². The monoisotopic (exact) mass is 262 g/mol. The van der Waals surface area contributed by atoms with Gasteiger partial charge in [0, 0.05) is 5.02 Å². The van der Waals surface area contributed by atoms with Crippen molar-refractivity contribution in [1.82, 2.24) is 0 Å². The van der Waals surface area contributed by atoms with Gasteiger partial charge >= 0.3 is 0 Å². The Balaban J connectivity index is 2.55. The van der Waals surface area contributed by atoms with Gasteiger partial charge < -0.3 is 0 Å². The van der Waals surface area contributed by atoms with E-state index in [2.05, 4.69) is 0 Å². The summed E-state index contributed by atoms with van der Waals surface area (Å²) >= 11 is 7.34. The highest BCUT2D eigenvalue weighted by Crippen LogP contribution is 2.52. The lowest BCUT2D eigenvalue weighted by molar-refractivity contribution is -0.120. The molecule has 17 heavy (non-hydrogen) atoms. The first-order chi connectivity index (χ1) is 8.15. The normalized spacial score (nSPS) is 21.8. The van der Waals surface area contributed by atoms with Gasteiger partial charge in [-0.05, 0) is 11.6 Å². The Hall–Kier alpha value is -1.49. The summed E-state index contributed by atoms with van der Waals surface area (Å²) in [5.74, 6) is -0.158. The SMILES string of the molecule is N#CC1(C#N)C(=O)CSC1c1ccccc1Cl. The quantitative estimate of drug-likeness (QED) is 0.781. The molecule has 1 aromatic carbocycles. The Morgan fingerprint density at radius 1 is 1.35 bits per heavy atom. The van der Waals surface area contributed by atoms with E-state index in [1.54, 1.807) is 24.3 Å². The van der Waals surface area contributed by atoms with E-state index in [1.807, 2.05) is 12.1 Å². The van der Waals surface area contributed by atoms with Crippen LogP contribution >= 0.6 is 23.4 Å². The first-order valence-corrected chi connectivity index (χ1v) is 6.30. The van der Waals surface area contributed by atoms with Crippen molar-refractivity contribution in [2.24, 2.45) is 5.41 Å². The van der Waals surface area contributed by atoms with Crippen LogP contribution in [0.2, 0.25) is 5.02 Å². The molecule has 5 heteroatoms. The maximum Gasteiger partial charge on any atom is 0.217 e. The molecule has 1 atom stereocenters. The largest absolute Gasteiger partial charge is 0.296 e. The zero-order valence-corrected chi connectivity index (χ0v) is 10.3. The minimum Gasteiger partial charge on any atom is -0.296 e. The van der Waals surface area contributed by atoms with Gasteiger partial charge in [0.2, 0.25) is 5.41 Å². The van der Waals surface area contributed by atoms with Crippen LogP contribution < -0.4 is 0 Å². The third kappa shape index (κ3) is 1.70. The summed E-state index contributed by atoms with van der Waals surface area (Å²) in [6.07, 6.45) is 0. The molecule has 0 spiro atoms. The van der Waals surface area contributed by atoms with Crippen molar-refractivity contribution in [1.29, 1.82) is 10.5 Å². The van der Waals surface area contributed by atoms with Crippen LogP contribution in [0.1, 0.15) is 10.8 Å². The smallest absolute Gasteiger partial charge is 0.217 e. The van der Waals surface area contributed by atoms with E-state index >= 15 is 0 Å². The molecule has 1 heterocycles. The summed E-state index contributed by atoms with van der Waals surface area (Å²) in [4.78, 5) is 11.7. The number of thioether (sulfide) groups is 1. The number of halogens is 1. The minimum absolute atomic E-state index is 0.178. The third-order valence-electron chi connectivity index (χ3n) is 2.75. The third-order valence-corrected chi connectivity index (χ3v) is 4.47. The number of ketones is 1. The molecule has 0 N–H and O–H groups in total. The fourth-order valence-electron chi connectivity index (χ4n) is 1.82. The number of nitrogens with zero attached hydrogens (tertiary/aromatic N) is 2. The summed E-state index contributed by atoms with van der Waals surface area (Å²) in [5.41, 5.74) is -0.927. The molecule has 1 saturated heterocycles. The van der Waals surface area contributed by atoms with E-state index in [-0.39, 0.29) is 11.5 Å². The summed E-state index contributed by atoms with van der Waals surface area (Å²) in [5, 5.41) is 18.3. The maximum atomic E-state index is 11.7. The van der Waals surface area contributed by atoms with Crippen molar-refractivity contribution in [3.8, 4) is 12.1 Å². The average Bonchev–Trinajstić information content (AvgIpc) is 2.67. The lowest BCUT2D eigenvalue weighted by Crippen LogP contribution is -2.28. The zero-order valence-electron chi connectivity index (χ0n) is 8.68. The Morgan fingerprint density at radius 2 is 2.00 bits per heavy atom. The van der Waals surface area contributed by atoms with Crippen molar-refractivity contribution >= 4 is 29.1 Å². The highest BCUT2D eigenvalue weighted by atomic mass is 35.5. The van der Waals surface area contributed by atoms with Gasteiger partial charge in [0.15, 0.2) is 5.78 Å². The van der Waals surface area contributed by atoms with Gasteiger partial charge in [0.05, 0.1) is 23.1 Å². The summed E-state index contributed by atoms with van der Waals surface area (Å²) in [6.45, 7) is 0. The van der Waals surface area contributed by atoms with Crippen LogP contribution in [0.3, 0.4) is 0 Å². The second-order valence-corrected chi connectivity index (χ2v) is 5.17. The zero-order chi connectivity index (χ0) is 12.5. The molecule has 0 amide bonds. The van der Waals surface area contributed by atoms with E-state index < -0.39 is 10.7 Å². The molecule has 2 rings (SSSR count). The molecule has 0 aromatic heterocycles. The first-order valence-electron chi connectivity index (χ1n) is 4.87. The lowest BCUT2D eigenvalue weighted by atomic mass is 9.81. The van der Waals surface area contributed by atoms with Crippen molar-refractivity contribution < 1.29 is 4.79 Å². The number of benzene rings is 1. The minimum atomic E-state index is -1.60. The summed E-state index contributed by atoms with van der Waals surface area (Å²) in [6, 6.07) is 10.7. The molecule has 1 aromatic rings. The second kappa shape index (κ2) is 4.41. The predicted octanol–water partition coefficient (Wildman–Crippen LogP) is 2.73. The molecular weight excluding hydrogens is 256 g/mol. The summed E-state index contributed by atoms with van der Waals surface area (Å²) in [7, 11) is 0. The topological polar surface area (TPSA) is 64.7 Å². The molecule has 84 valence electrons. The van der Waals surface area contributed by atoms with Crippen LogP contribution in [0.5, 0.6) is 0 Å². The van der Waals surface area contributed by atoms with Crippen LogP contribution in [-0.2, 0) is 4.79 Å². The van der Waals surface area contributed by atoms with Crippen molar-refractivity contribution in [3.63, 3.8) is 0 Å². The number of rotatable bonds is 1. The fourth-order valence-corrected chi connectivity index (χ4v) is 3.55. The lowest BCUT2D eigenvalue weighted by Gasteiger charge is -2.19. The molecule has 1 fully saturated rings. The molecule has 0 bridgehead atoms. The van der Waals surface area contributed by atoms with Crippen LogP contribution in [0.15, 0.2) is 24.3 Å². The van der Waals surface area contributed by atoms with Gasteiger partial charge in [-0.2, -0.15) is 10.5 Å². The number of hydrogen-bond acceptors (Lipinski definition) is 4. The molecule has 0 radical (unpaired) electrons. The molecule has 0 saturated carbocycles. The van der Waals surface area contributed by atoms with Crippen molar-refractivity contribution in [2.45, 2.75) is 5.25 Å². The van der Waals surface area contributed by atoms with Crippen molar-refractivity contribution in [3.05, 3.63) is 34.9 Å². The Morgan fingerprint density at radius 3 is 2.59 bits per heavy atom. The number of Topliss-reactive ketones (excluding diaryl/α,β-unsaturated/α-hetero) is 1. The Bertz CT molecular complexity index is 544.